The highest BCUT2D eigenvalue weighted by Crippen LogP contribution is 2.42. The lowest BCUT2D eigenvalue weighted by Crippen LogP contribution is -2.55. The Balaban J connectivity index is 1.19. The number of rotatable bonds is 10. The molecule has 3 aliphatic rings. The molecule has 0 unspecified atom stereocenters. The van der Waals surface area contributed by atoms with Crippen LogP contribution >= 0.6 is 0 Å². The van der Waals surface area contributed by atoms with E-state index in [1.807, 2.05) is 48.5 Å². The molecule has 264 valence electrons. The number of halogens is 3. The van der Waals surface area contributed by atoms with Crippen LogP contribution in [0.3, 0.4) is 0 Å². The minimum Gasteiger partial charge on any atom is -0.375 e. The van der Waals surface area contributed by atoms with Gasteiger partial charge in [-0.15, -0.1) is 0 Å². The number of aromatic nitrogens is 2. The minimum atomic E-state index is -4.65. The lowest BCUT2D eigenvalue weighted by Gasteiger charge is -2.38. The van der Waals surface area contributed by atoms with Crippen LogP contribution in [0.15, 0.2) is 97.2 Å². The van der Waals surface area contributed by atoms with Crippen molar-refractivity contribution >= 4 is 23.5 Å². The van der Waals surface area contributed by atoms with Crippen LogP contribution in [0.4, 0.5) is 19.0 Å². The van der Waals surface area contributed by atoms with Crippen molar-refractivity contribution < 1.29 is 32.3 Å². The molecule has 3 aliphatic heterocycles. The molecule has 0 saturated carbocycles. The molecular weight excluding hydrogens is 661 g/mol. The number of anilines is 1. The second kappa shape index (κ2) is 13.8. The number of alkyl halides is 3. The first kappa shape index (κ1) is 34.2. The van der Waals surface area contributed by atoms with Crippen molar-refractivity contribution in [2.45, 2.75) is 50.2 Å². The molecule has 2 saturated heterocycles. The number of fused-ring (bicyclic) bond motifs is 3. The average molecular weight is 699 g/mol. The SMILES string of the molecule is C=C(CN1C[C@@H]2C[C@H]1CO2)C(=O)NCc1cccc([C@@H]2c3cnn(-c4ccccc4)c3N(CC)C(=O)[C@H]2NC(=O)c2cccc(C(F)(F)F)c2)c1. The Kier molecular flexibility index (Phi) is 9.25. The minimum absolute atomic E-state index is 0.181. The fourth-order valence-electron chi connectivity index (χ4n) is 7.27. The normalized spacial score (nSPS) is 21.4. The van der Waals surface area contributed by atoms with Gasteiger partial charge < -0.3 is 15.4 Å². The third kappa shape index (κ3) is 6.78. The predicted molar refractivity (Wildman–Crippen MR) is 183 cm³/mol. The molecule has 2 fully saturated rings. The van der Waals surface area contributed by atoms with Gasteiger partial charge in [0.1, 0.15) is 11.9 Å². The maximum atomic E-state index is 14.4. The Labute approximate surface area is 292 Å². The molecule has 0 radical (unpaired) electrons. The number of carbonyl (C=O) groups is 3. The number of likely N-dealkylation sites (tertiary alicyclic amines) is 1. The summed E-state index contributed by atoms with van der Waals surface area (Å²) in [6, 6.07) is 19.8. The number of hydrogen-bond acceptors (Lipinski definition) is 6. The van der Waals surface area contributed by atoms with Gasteiger partial charge in [-0.05, 0) is 54.8 Å². The molecule has 7 rings (SSSR count). The molecule has 2 N–H and O–H groups in total. The van der Waals surface area contributed by atoms with Gasteiger partial charge in [-0.3, -0.25) is 24.2 Å². The van der Waals surface area contributed by atoms with Gasteiger partial charge in [0.15, 0.2) is 0 Å². The van der Waals surface area contributed by atoms with Gasteiger partial charge in [-0.2, -0.15) is 18.3 Å². The monoisotopic (exact) mass is 698 g/mol. The largest absolute Gasteiger partial charge is 0.416 e. The zero-order valence-electron chi connectivity index (χ0n) is 27.9. The van der Waals surface area contributed by atoms with E-state index in [0.29, 0.717) is 41.7 Å². The third-order valence-corrected chi connectivity index (χ3v) is 9.78. The lowest BCUT2D eigenvalue weighted by molar-refractivity contribution is -0.137. The lowest BCUT2D eigenvalue weighted by atomic mass is 9.81. The topological polar surface area (TPSA) is 109 Å². The highest BCUT2D eigenvalue weighted by Gasteiger charge is 2.45. The number of morpholine rings is 1. The Morgan fingerprint density at radius 2 is 1.82 bits per heavy atom. The van der Waals surface area contributed by atoms with Crippen LogP contribution in [0.5, 0.6) is 0 Å². The number of nitrogens with zero attached hydrogens (tertiary/aromatic N) is 4. The molecule has 4 aromatic rings. The van der Waals surface area contributed by atoms with Gasteiger partial charge in [0.2, 0.25) is 5.91 Å². The van der Waals surface area contributed by atoms with Gasteiger partial charge in [0.05, 0.1) is 30.2 Å². The first-order valence-corrected chi connectivity index (χ1v) is 16.8. The number of benzene rings is 3. The molecule has 4 atom stereocenters. The molecule has 51 heavy (non-hydrogen) atoms. The number of nitrogens with one attached hydrogen (secondary N) is 2. The fourth-order valence-corrected chi connectivity index (χ4v) is 7.27. The van der Waals surface area contributed by atoms with E-state index >= 15 is 0 Å². The number of amides is 3. The van der Waals surface area contributed by atoms with Crippen LogP contribution in [0.1, 0.15) is 51.9 Å². The number of carbonyl (C=O) groups excluding carboxylic acids is 3. The zero-order valence-corrected chi connectivity index (χ0v) is 27.9. The van der Waals surface area contributed by atoms with Crippen LogP contribution in [0.25, 0.3) is 5.69 Å². The van der Waals surface area contributed by atoms with Crippen LogP contribution < -0.4 is 15.5 Å². The summed E-state index contributed by atoms with van der Waals surface area (Å²) >= 11 is 0. The number of likely N-dealkylation sites (N-methyl/N-ethyl adjacent to an activating group) is 1. The van der Waals surface area contributed by atoms with E-state index in [2.05, 4.69) is 27.2 Å². The maximum absolute atomic E-state index is 14.4. The number of para-hydroxylation sites is 1. The summed E-state index contributed by atoms with van der Waals surface area (Å²) in [6.45, 7) is 8.14. The van der Waals surface area contributed by atoms with Gasteiger partial charge in [0, 0.05) is 54.8 Å². The average Bonchev–Trinajstić information content (AvgIpc) is 3.88. The summed E-state index contributed by atoms with van der Waals surface area (Å²) in [5.41, 5.74) is 2.02. The third-order valence-electron chi connectivity index (χ3n) is 9.78. The summed E-state index contributed by atoms with van der Waals surface area (Å²) in [5.74, 6) is -1.77. The molecule has 4 heterocycles. The second-order valence-corrected chi connectivity index (χ2v) is 13.1. The van der Waals surface area contributed by atoms with E-state index in [1.165, 1.54) is 11.0 Å². The van der Waals surface area contributed by atoms with E-state index in [0.717, 1.165) is 42.4 Å². The first-order chi connectivity index (χ1) is 24.5. The molecule has 2 bridgehead atoms. The van der Waals surface area contributed by atoms with E-state index in [9.17, 15) is 27.6 Å². The Hall–Kier alpha value is -5.27. The van der Waals surface area contributed by atoms with Gasteiger partial charge in [0.25, 0.3) is 11.8 Å². The molecule has 10 nitrogen and oxygen atoms in total. The fraction of sp³-hybridized carbons (Fsp3) is 0.316. The Bertz CT molecular complexity index is 1980. The van der Waals surface area contributed by atoms with Crippen LogP contribution in [-0.4, -0.2) is 76.8 Å². The van der Waals surface area contributed by atoms with Crippen molar-refractivity contribution in [2.75, 3.05) is 31.1 Å². The van der Waals surface area contributed by atoms with Crippen LogP contribution in [-0.2, 0) is 27.0 Å². The Morgan fingerprint density at radius 3 is 2.53 bits per heavy atom. The maximum Gasteiger partial charge on any atom is 0.416 e. The summed E-state index contributed by atoms with van der Waals surface area (Å²) in [7, 11) is 0. The molecule has 0 aliphatic carbocycles. The summed E-state index contributed by atoms with van der Waals surface area (Å²) < 4.78 is 47.9. The molecule has 13 heteroatoms. The number of hydrogen-bond donors (Lipinski definition) is 2. The van der Waals surface area contributed by atoms with Crippen molar-refractivity contribution in [3.63, 3.8) is 0 Å². The van der Waals surface area contributed by atoms with E-state index in [1.54, 1.807) is 23.9 Å². The molecule has 3 aromatic carbocycles. The number of ether oxygens (including phenoxy) is 1. The van der Waals surface area contributed by atoms with Crippen molar-refractivity contribution in [3.05, 3.63) is 125 Å². The van der Waals surface area contributed by atoms with Crippen molar-refractivity contribution in [3.8, 4) is 5.69 Å². The molecule has 0 spiro atoms. The first-order valence-electron chi connectivity index (χ1n) is 16.8. The highest BCUT2D eigenvalue weighted by molar-refractivity contribution is 6.05. The summed E-state index contributed by atoms with van der Waals surface area (Å²) in [6.07, 6.45) is -1.82. The van der Waals surface area contributed by atoms with Gasteiger partial charge in [-0.1, -0.05) is 55.1 Å². The van der Waals surface area contributed by atoms with Crippen molar-refractivity contribution in [1.29, 1.82) is 0 Å². The smallest absolute Gasteiger partial charge is 0.375 e. The standard InChI is InChI=1S/C38H37F3N6O4/c1-3-46-36-31(19-43-47(36)28-13-5-4-6-14-28)32(33(37(46)50)44-35(49)26-11-8-12-27(16-26)38(39,40)41)25-10-7-9-24(15-25)18-42-34(48)23(2)20-45-21-30-17-29(45)22-51-30/h4-16,19,29-30,32-33H,2-3,17-18,20-22H2,1H3,(H,42,48)(H,44,49)/t29-,30-,32+,33-/m0/s1. The van der Waals surface area contributed by atoms with Crippen LogP contribution in [0, 0.1) is 0 Å². The summed E-state index contributed by atoms with van der Waals surface area (Å²) in [4.78, 5) is 44.7. The Morgan fingerprint density at radius 1 is 1.04 bits per heavy atom. The van der Waals surface area contributed by atoms with E-state index in [-0.39, 0.29) is 30.7 Å². The zero-order chi connectivity index (χ0) is 35.9. The van der Waals surface area contributed by atoms with E-state index < -0.39 is 35.5 Å². The quantitative estimate of drug-likeness (QED) is 0.230. The molecule has 3 amide bonds. The van der Waals surface area contributed by atoms with Crippen molar-refractivity contribution in [1.82, 2.24) is 25.3 Å². The van der Waals surface area contributed by atoms with E-state index in [4.69, 9.17) is 4.74 Å². The summed E-state index contributed by atoms with van der Waals surface area (Å²) in [5, 5.41) is 10.4. The van der Waals surface area contributed by atoms with Crippen LogP contribution in [0.2, 0.25) is 0 Å². The highest BCUT2D eigenvalue weighted by atomic mass is 19.4. The molecular formula is C38H37F3N6O4. The molecule has 1 aromatic heterocycles. The van der Waals surface area contributed by atoms with Gasteiger partial charge >= 0.3 is 6.18 Å². The second-order valence-electron chi connectivity index (χ2n) is 13.1. The predicted octanol–water partition coefficient (Wildman–Crippen LogP) is 4.83. The van der Waals surface area contributed by atoms with Crippen molar-refractivity contribution in [2.24, 2.45) is 0 Å². The van der Waals surface area contributed by atoms with Gasteiger partial charge in [-0.25, -0.2) is 4.68 Å².